The van der Waals surface area contributed by atoms with E-state index in [4.69, 9.17) is 8.94 Å². The summed E-state index contributed by atoms with van der Waals surface area (Å²) in [6.07, 6.45) is 2.75. The third-order valence-electron chi connectivity index (χ3n) is 2.98. The predicted octanol–water partition coefficient (Wildman–Crippen LogP) is 3.01. The third-order valence-corrected chi connectivity index (χ3v) is 2.98. The van der Waals surface area contributed by atoms with Crippen molar-refractivity contribution in [3.05, 3.63) is 23.5 Å². The zero-order valence-corrected chi connectivity index (χ0v) is 11.9. The van der Waals surface area contributed by atoms with Gasteiger partial charge in [0.15, 0.2) is 5.82 Å². The molecular formula is C13H20N4O2. The fourth-order valence-electron chi connectivity index (χ4n) is 1.80. The summed E-state index contributed by atoms with van der Waals surface area (Å²) >= 11 is 0. The summed E-state index contributed by atoms with van der Waals surface area (Å²) in [5.74, 6) is 3.34. The molecule has 0 fully saturated rings. The smallest absolute Gasteiger partial charge is 0.229 e. The van der Waals surface area contributed by atoms with E-state index in [1.807, 2.05) is 13.8 Å². The van der Waals surface area contributed by atoms with Gasteiger partial charge < -0.3 is 8.94 Å². The van der Waals surface area contributed by atoms with Crippen molar-refractivity contribution in [2.75, 3.05) is 0 Å². The molecule has 0 radical (unpaired) electrons. The van der Waals surface area contributed by atoms with Crippen LogP contribution in [0.2, 0.25) is 0 Å². The van der Waals surface area contributed by atoms with Gasteiger partial charge in [-0.15, -0.1) is 10.2 Å². The molecule has 0 aliphatic heterocycles. The molecule has 0 spiro atoms. The predicted molar refractivity (Wildman–Crippen MR) is 68.8 cm³/mol. The van der Waals surface area contributed by atoms with Crippen LogP contribution in [0.3, 0.4) is 0 Å². The van der Waals surface area contributed by atoms with Crippen LogP contribution >= 0.6 is 0 Å². The van der Waals surface area contributed by atoms with Crippen LogP contribution < -0.4 is 0 Å². The van der Waals surface area contributed by atoms with Gasteiger partial charge in [-0.3, -0.25) is 0 Å². The highest BCUT2D eigenvalue weighted by Crippen LogP contribution is 2.20. The first-order chi connectivity index (χ1) is 9.06. The van der Waals surface area contributed by atoms with Gasteiger partial charge in [0.25, 0.3) is 0 Å². The van der Waals surface area contributed by atoms with Gasteiger partial charge in [-0.1, -0.05) is 25.9 Å². The van der Waals surface area contributed by atoms with Gasteiger partial charge in [0.2, 0.25) is 17.7 Å². The van der Waals surface area contributed by atoms with Crippen LogP contribution in [0.15, 0.2) is 8.94 Å². The topological polar surface area (TPSA) is 77.8 Å². The molecule has 2 heterocycles. The van der Waals surface area contributed by atoms with Crippen molar-refractivity contribution in [3.8, 4) is 0 Å². The minimum absolute atomic E-state index is 0.262. The lowest BCUT2D eigenvalue weighted by atomic mass is 10.0. The van der Waals surface area contributed by atoms with E-state index in [-0.39, 0.29) is 11.8 Å². The SMILES string of the molecule is Cc1nnc(C(C)CCCc2noc(C(C)C)n2)o1. The lowest BCUT2D eigenvalue weighted by Gasteiger charge is -2.04. The Hall–Kier alpha value is -1.72. The average molecular weight is 264 g/mol. The van der Waals surface area contributed by atoms with E-state index in [2.05, 4.69) is 27.3 Å². The molecule has 0 saturated carbocycles. The molecule has 0 aromatic carbocycles. The molecule has 0 N–H and O–H groups in total. The Morgan fingerprint density at radius 1 is 1.11 bits per heavy atom. The second kappa shape index (κ2) is 5.95. The molecule has 2 aromatic rings. The van der Waals surface area contributed by atoms with Crippen LogP contribution in [0.5, 0.6) is 0 Å². The molecule has 0 aliphatic carbocycles. The molecule has 6 heteroatoms. The van der Waals surface area contributed by atoms with Crippen LogP contribution in [0.4, 0.5) is 0 Å². The molecule has 0 aliphatic rings. The Labute approximate surface area is 112 Å². The van der Waals surface area contributed by atoms with E-state index in [1.165, 1.54) is 0 Å². The number of aryl methyl sites for hydroxylation is 2. The Bertz CT molecular complexity index is 518. The Morgan fingerprint density at radius 3 is 2.47 bits per heavy atom. The fraction of sp³-hybridized carbons (Fsp3) is 0.692. The van der Waals surface area contributed by atoms with Crippen LogP contribution in [0.25, 0.3) is 0 Å². The van der Waals surface area contributed by atoms with Crippen molar-refractivity contribution in [1.29, 1.82) is 0 Å². The van der Waals surface area contributed by atoms with Gasteiger partial charge in [0.1, 0.15) is 0 Å². The van der Waals surface area contributed by atoms with E-state index in [1.54, 1.807) is 6.92 Å². The van der Waals surface area contributed by atoms with Crippen molar-refractivity contribution in [1.82, 2.24) is 20.3 Å². The number of aromatic nitrogens is 4. The summed E-state index contributed by atoms with van der Waals surface area (Å²) in [4.78, 5) is 4.35. The second-order valence-electron chi connectivity index (χ2n) is 5.16. The summed E-state index contributed by atoms with van der Waals surface area (Å²) < 4.78 is 10.6. The van der Waals surface area contributed by atoms with E-state index >= 15 is 0 Å². The van der Waals surface area contributed by atoms with Crippen molar-refractivity contribution < 1.29 is 8.94 Å². The minimum atomic E-state index is 0.262. The first-order valence-electron chi connectivity index (χ1n) is 6.68. The van der Waals surface area contributed by atoms with E-state index in [0.29, 0.717) is 17.7 Å². The van der Waals surface area contributed by atoms with Gasteiger partial charge in [-0.2, -0.15) is 4.98 Å². The highest BCUT2D eigenvalue weighted by Gasteiger charge is 2.14. The normalized spacial score (nSPS) is 13.1. The Kier molecular flexibility index (Phi) is 4.29. The fourth-order valence-corrected chi connectivity index (χ4v) is 1.80. The summed E-state index contributed by atoms with van der Waals surface area (Å²) in [6.45, 7) is 7.97. The quantitative estimate of drug-likeness (QED) is 0.798. The largest absolute Gasteiger partial charge is 0.425 e. The van der Waals surface area contributed by atoms with Crippen LogP contribution in [0, 0.1) is 6.92 Å². The lowest BCUT2D eigenvalue weighted by molar-refractivity contribution is 0.359. The molecule has 2 aromatic heterocycles. The number of hydrogen-bond donors (Lipinski definition) is 0. The zero-order valence-electron chi connectivity index (χ0n) is 11.9. The number of hydrogen-bond acceptors (Lipinski definition) is 6. The highest BCUT2D eigenvalue weighted by atomic mass is 16.5. The molecule has 1 unspecified atom stereocenters. The van der Waals surface area contributed by atoms with Gasteiger partial charge in [-0.25, -0.2) is 0 Å². The van der Waals surface area contributed by atoms with Crippen molar-refractivity contribution in [3.63, 3.8) is 0 Å². The highest BCUT2D eigenvalue weighted by molar-refractivity contribution is 4.92. The maximum Gasteiger partial charge on any atom is 0.229 e. The van der Waals surface area contributed by atoms with Gasteiger partial charge in [-0.05, 0) is 12.8 Å². The van der Waals surface area contributed by atoms with Crippen molar-refractivity contribution in [2.45, 2.75) is 58.8 Å². The first-order valence-corrected chi connectivity index (χ1v) is 6.68. The Balaban J connectivity index is 1.79. The molecule has 1 atom stereocenters. The second-order valence-corrected chi connectivity index (χ2v) is 5.16. The molecule has 2 rings (SSSR count). The van der Waals surface area contributed by atoms with E-state index in [0.717, 1.165) is 25.1 Å². The van der Waals surface area contributed by atoms with Crippen LogP contribution in [-0.2, 0) is 6.42 Å². The maximum atomic E-state index is 5.41. The summed E-state index contributed by atoms with van der Waals surface area (Å²) in [5.41, 5.74) is 0. The molecular weight excluding hydrogens is 244 g/mol. The van der Waals surface area contributed by atoms with Crippen molar-refractivity contribution in [2.24, 2.45) is 0 Å². The monoisotopic (exact) mass is 264 g/mol. The van der Waals surface area contributed by atoms with E-state index in [9.17, 15) is 0 Å². The van der Waals surface area contributed by atoms with E-state index < -0.39 is 0 Å². The average Bonchev–Trinajstić information content (AvgIpc) is 2.98. The zero-order chi connectivity index (χ0) is 13.8. The first kappa shape index (κ1) is 13.7. The van der Waals surface area contributed by atoms with Crippen molar-refractivity contribution >= 4 is 0 Å². The lowest BCUT2D eigenvalue weighted by Crippen LogP contribution is -1.97. The van der Waals surface area contributed by atoms with Crippen LogP contribution in [0.1, 0.15) is 68.9 Å². The van der Waals surface area contributed by atoms with Gasteiger partial charge in [0.05, 0.1) is 0 Å². The Morgan fingerprint density at radius 2 is 1.89 bits per heavy atom. The molecule has 104 valence electrons. The summed E-state index contributed by atoms with van der Waals surface area (Å²) in [6, 6.07) is 0. The number of rotatable bonds is 6. The molecule has 0 amide bonds. The maximum absolute atomic E-state index is 5.41. The van der Waals surface area contributed by atoms with Gasteiger partial charge >= 0.3 is 0 Å². The molecule has 0 bridgehead atoms. The molecule has 6 nitrogen and oxygen atoms in total. The molecule has 0 saturated heterocycles. The summed E-state index contributed by atoms with van der Waals surface area (Å²) in [5, 5.41) is 11.8. The van der Waals surface area contributed by atoms with Crippen LogP contribution in [-0.4, -0.2) is 20.3 Å². The standard InChI is InChI=1S/C13H20N4O2/c1-8(2)12-14-11(17-19-12)7-5-6-9(3)13-16-15-10(4)18-13/h8-9H,5-7H2,1-4H3. The number of nitrogens with zero attached hydrogens (tertiary/aromatic N) is 4. The molecule has 19 heavy (non-hydrogen) atoms. The minimum Gasteiger partial charge on any atom is -0.425 e. The third kappa shape index (κ3) is 3.62. The summed E-state index contributed by atoms with van der Waals surface area (Å²) in [7, 11) is 0. The van der Waals surface area contributed by atoms with Gasteiger partial charge in [0, 0.05) is 25.2 Å².